The molecule has 0 bridgehead atoms. The Kier molecular flexibility index (Phi) is 5.75. The molecular formula is C19H21BrN2O2. The van der Waals surface area contributed by atoms with Gasteiger partial charge in [-0.15, -0.1) is 0 Å². The van der Waals surface area contributed by atoms with Gasteiger partial charge >= 0.3 is 0 Å². The molecule has 0 radical (unpaired) electrons. The van der Waals surface area contributed by atoms with Crippen LogP contribution in [0.1, 0.15) is 19.3 Å². The minimum Gasteiger partial charge on any atom is -0.484 e. The van der Waals surface area contributed by atoms with E-state index in [1.54, 1.807) is 0 Å². The molecule has 2 aromatic rings. The highest BCUT2D eigenvalue weighted by molar-refractivity contribution is 9.10. The van der Waals surface area contributed by atoms with Crippen LogP contribution < -0.4 is 15.0 Å². The highest BCUT2D eigenvalue weighted by Gasteiger charge is 2.15. The van der Waals surface area contributed by atoms with Crippen molar-refractivity contribution in [3.05, 3.63) is 53.0 Å². The number of rotatable bonds is 5. The van der Waals surface area contributed by atoms with Gasteiger partial charge in [0.2, 0.25) is 0 Å². The highest BCUT2D eigenvalue weighted by Crippen LogP contribution is 2.28. The summed E-state index contributed by atoms with van der Waals surface area (Å²) in [4.78, 5) is 14.6. The van der Waals surface area contributed by atoms with Gasteiger partial charge in [0, 0.05) is 17.6 Å². The van der Waals surface area contributed by atoms with E-state index in [9.17, 15) is 4.79 Å². The van der Waals surface area contributed by atoms with Gasteiger partial charge in [0.1, 0.15) is 5.75 Å². The maximum absolute atomic E-state index is 12.2. The van der Waals surface area contributed by atoms with Crippen LogP contribution in [0.15, 0.2) is 53.0 Å². The molecule has 0 spiro atoms. The van der Waals surface area contributed by atoms with Crippen molar-refractivity contribution in [3.63, 3.8) is 0 Å². The number of anilines is 2. The Labute approximate surface area is 150 Å². The van der Waals surface area contributed by atoms with Crippen LogP contribution in [0.25, 0.3) is 0 Å². The van der Waals surface area contributed by atoms with Gasteiger partial charge in [-0.2, -0.15) is 0 Å². The van der Waals surface area contributed by atoms with Gasteiger partial charge in [0.05, 0.1) is 11.4 Å². The number of para-hydroxylation sites is 2. The van der Waals surface area contributed by atoms with Gasteiger partial charge in [0.15, 0.2) is 6.61 Å². The van der Waals surface area contributed by atoms with Crippen LogP contribution in [0.5, 0.6) is 5.75 Å². The zero-order valence-corrected chi connectivity index (χ0v) is 15.1. The molecule has 1 N–H and O–H groups in total. The first kappa shape index (κ1) is 16.8. The molecule has 5 heteroatoms. The third kappa shape index (κ3) is 4.51. The quantitative estimate of drug-likeness (QED) is 0.821. The number of amides is 1. The Bertz CT molecular complexity index is 682. The summed E-state index contributed by atoms with van der Waals surface area (Å²) in [6.07, 6.45) is 3.69. The maximum Gasteiger partial charge on any atom is 0.262 e. The number of hydrogen-bond donors (Lipinski definition) is 1. The first-order chi connectivity index (χ1) is 11.7. The second-order valence-electron chi connectivity index (χ2n) is 5.86. The van der Waals surface area contributed by atoms with Gasteiger partial charge < -0.3 is 15.0 Å². The molecule has 24 heavy (non-hydrogen) atoms. The van der Waals surface area contributed by atoms with Crippen molar-refractivity contribution in [3.8, 4) is 5.75 Å². The number of ether oxygens (including phenoxy) is 1. The Hall–Kier alpha value is -2.01. The van der Waals surface area contributed by atoms with Crippen molar-refractivity contribution in [1.82, 2.24) is 0 Å². The predicted molar refractivity (Wildman–Crippen MR) is 101 cm³/mol. The molecule has 4 nitrogen and oxygen atoms in total. The number of halogens is 1. The lowest BCUT2D eigenvalue weighted by Gasteiger charge is -2.30. The molecule has 0 saturated carbocycles. The van der Waals surface area contributed by atoms with E-state index in [0.717, 1.165) is 28.9 Å². The Balaban J connectivity index is 1.60. The van der Waals surface area contributed by atoms with Gasteiger partial charge in [-0.3, -0.25) is 4.79 Å². The highest BCUT2D eigenvalue weighted by atomic mass is 79.9. The number of nitrogens with zero attached hydrogens (tertiary/aromatic N) is 1. The van der Waals surface area contributed by atoms with Crippen LogP contribution in [-0.2, 0) is 4.79 Å². The Morgan fingerprint density at radius 1 is 1.04 bits per heavy atom. The summed E-state index contributed by atoms with van der Waals surface area (Å²) in [7, 11) is 0. The molecule has 1 aliphatic rings. The molecule has 0 atom stereocenters. The van der Waals surface area contributed by atoms with Crippen molar-refractivity contribution in [2.24, 2.45) is 0 Å². The molecule has 3 rings (SSSR count). The molecule has 1 aliphatic heterocycles. The van der Waals surface area contributed by atoms with Crippen LogP contribution >= 0.6 is 15.9 Å². The lowest BCUT2D eigenvalue weighted by molar-refractivity contribution is -0.118. The summed E-state index contributed by atoms with van der Waals surface area (Å²) in [6.45, 7) is 2.08. The summed E-state index contributed by atoms with van der Waals surface area (Å²) >= 11 is 3.38. The molecule has 0 unspecified atom stereocenters. The van der Waals surface area contributed by atoms with Crippen molar-refractivity contribution < 1.29 is 9.53 Å². The van der Waals surface area contributed by atoms with Crippen LogP contribution in [-0.4, -0.2) is 25.6 Å². The third-order valence-corrected chi connectivity index (χ3v) is 4.59. The fraction of sp³-hybridized carbons (Fsp3) is 0.316. The van der Waals surface area contributed by atoms with Gasteiger partial charge in [-0.05, 0) is 55.7 Å². The first-order valence-electron chi connectivity index (χ1n) is 8.24. The normalized spacial score (nSPS) is 14.3. The summed E-state index contributed by atoms with van der Waals surface area (Å²) in [5.41, 5.74) is 1.94. The van der Waals surface area contributed by atoms with Gasteiger partial charge in [0.25, 0.3) is 5.91 Å². The molecule has 1 fully saturated rings. The lowest BCUT2D eigenvalue weighted by Crippen LogP contribution is -2.30. The fourth-order valence-corrected chi connectivity index (χ4v) is 3.12. The number of piperidine rings is 1. The van der Waals surface area contributed by atoms with Crippen LogP contribution in [0, 0.1) is 0 Å². The van der Waals surface area contributed by atoms with Crippen LogP contribution in [0.3, 0.4) is 0 Å². The van der Waals surface area contributed by atoms with E-state index in [2.05, 4.69) is 32.2 Å². The minimum absolute atomic E-state index is 0.00400. The summed E-state index contributed by atoms with van der Waals surface area (Å²) in [5, 5.41) is 2.97. The van der Waals surface area contributed by atoms with Crippen LogP contribution in [0.2, 0.25) is 0 Å². The fourth-order valence-electron chi connectivity index (χ4n) is 2.86. The third-order valence-electron chi connectivity index (χ3n) is 4.06. The predicted octanol–water partition coefficient (Wildman–Crippen LogP) is 4.46. The molecule has 1 saturated heterocycles. The molecule has 0 aliphatic carbocycles. The average molecular weight is 389 g/mol. The molecular weight excluding hydrogens is 368 g/mol. The van der Waals surface area contributed by atoms with E-state index < -0.39 is 0 Å². The largest absolute Gasteiger partial charge is 0.484 e. The number of carbonyl (C=O) groups is 1. The van der Waals surface area contributed by atoms with E-state index >= 15 is 0 Å². The second kappa shape index (κ2) is 8.20. The van der Waals surface area contributed by atoms with E-state index in [4.69, 9.17) is 4.74 Å². The number of benzene rings is 2. The van der Waals surface area contributed by atoms with E-state index in [-0.39, 0.29) is 12.5 Å². The number of nitrogens with one attached hydrogen (secondary N) is 1. The summed E-state index contributed by atoms with van der Waals surface area (Å²) < 4.78 is 6.52. The zero-order valence-electron chi connectivity index (χ0n) is 13.5. The molecule has 1 amide bonds. The van der Waals surface area contributed by atoms with E-state index in [0.29, 0.717) is 5.75 Å². The summed E-state index contributed by atoms with van der Waals surface area (Å²) in [5.74, 6) is 0.528. The van der Waals surface area contributed by atoms with Crippen LogP contribution in [0.4, 0.5) is 11.4 Å². The van der Waals surface area contributed by atoms with Crippen molar-refractivity contribution in [1.29, 1.82) is 0 Å². The van der Waals surface area contributed by atoms with Gasteiger partial charge in [-0.1, -0.05) is 28.1 Å². The smallest absolute Gasteiger partial charge is 0.262 e. The van der Waals surface area contributed by atoms with Gasteiger partial charge in [-0.25, -0.2) is 0 Å². The first-order valence-corrected chi connectivity index (χ1v) is 9.04. The maximum atomic E-state index is 12.2. The Morgan fingerprint density at radius 2 is 1.75 bits per heavy atom. The molecule has 0 aromatic heterocycles. The SMILES string of the molecule is O=C(COc1ccc(Br)cc1)Nc1ccccc1N1CCCCC1. The minimum atomic E-state index is -0.151. The zero-order chi connectivity index (χ0) is 16.8. The van der Waals surface area contributed by atoms with E-state index in [1.807, 2.05) is 42.5 Å². The van der Waals surface area contributed by atoms with E-state index in [1.165, 1.54) is 19.3 Å². The number of carbonyl (C=O) groups excluding carboxylic acids is 1. The van der Waals surface area contributed by atoms with Crippen molar-refractivity contribution >= 4 is 33.2 Å². The molecule has 2 aromatic carbocycles. The standard InChI is InChI=1S/C19H21BrN2O2/c20-15-8-10-16(11-9-15)24-14-19(23)21-17-6-2-3-7-18(17)22-12-4-1-5-13-22/h2-3,6-11H,1,4-5,12-14H2,(H,21,23). The topological polar surface area (TPSA) is 41.6 Å². The second-order valence-corrected chi connectivity index (χ2v) is 6.77. The average Bonchev–Trinajstić information content (AvgIpc) is 2.62. The number of hydrogen-bond acceptors (Lipinski definition) is 3. The monoisotopic (exact) mass is 388 g/mol. The Morgan fingerprint density at radius 3 is 2.50 bits per heavy atom. The van der Waals surface area contributed by atoms with Crippen molar-refractivity contribution in [2.45, 2.75) is 19.3 Å². The van der Waals surface area contributed by atoms with Crippen molar-refractivity contribution in [2.75, 3.05) is 29.9 Å². The summed E-state index contributed by atoms with van der Waals surface area (Å²) in [6, 6.07) is 15.4. The molecule has 126 valence electrons. The lowest BCUT2D eigenvalue weighted by atomic mass is 10.1. The molecule has 1 heterocycles.